The molecule has 0 saturated carbocycles. The first kappa shape index (κ1) is 17.6. The molecule has 0 spiro atoms. The average molecular weight is 582 g/mol. The Morgan fingerprint density at radius 2 is 1.08 bits per heavy atom. The van der Waals surface area contributed by atoms with E-state index in [1.807, 2.05) is 6.92 Å². The van der Waals surface area contributed by atoms with Crippen molar-refractivity contribution >= 4 is 107 Å². The molecule has 12 heavy (non-hydrogen) atoms. The van der Waals surface area contributed by atoms with E-state index in [1.165, 1.54) is 0 Å². The summed E-state index contributed by atoms with van der Waals surface area (Å²) in [5.74, 6) is 0.792. The summed E-state index contributed by atoms with van der Waals surface area (Å²) in [5, 5.41) is 0. The van der Waals surface area contributed by atoms with E-state index in [0.29, 0.717) is 0 Å². The monoisotopic (exact) mass is 576 g/mol. The van der Waals surface area contributed by atoms with Gasteiger partial charge in [-0.25, -0.2) is 0 Å². The van der Waals surface area contributed by atoms with Crippen molar-refractivity contribution in [3.63, 3.8) is 0 Å². The van der Waals surface area contributed by atoms with Gasteiger partial charge in [-0.3, -0.25) is 0 Å². The molecule has 0 amide bonds. The first-order chi connectivity index (χ1) is 5.16. The third-order valence-corrected chi connectivity index (χ3v) is 9.25. The summed E-state index contributed by atoms with van der Waals surface area (Å²) in [6, 6.07) is 0. The minimum atomic E-state index is -0.375. The van der Waals surface area contributed by atoms with Crippen LogP contribution in [0.1, 0.15) is 13.3 Å². The maximum absolute atomic E-state index is 5.19. The van der Waals surface area contributed by atoms with Gasteiger partial charge in [0.05, 0.1) is 0 Å². The van der Waals surface area contributed by atoms with Crippen molar-refractivity contribution < 1.29 is 0 Å². The van der Waals surface area contributed by atoms with Gasteiger partial charge >= 0.3 is 0 Å². The van der Waals surface area contributed by atoms with Gasteiger partial charge in [0, 0.05) is 5.88 Å². The van der Waals surface area contributed by atoms with Crippen molar-refractivity contribution in [1.82, 2.24) is 0 Å². The van der Waals surface area contributed by atoms with E-state index in [2.05, 4.69) is 95.6 Å². The number of hydrogen-bond donors (Lipinski definition) is 0. The molecule has 0 aliphatic carbocycles. The second-order valence-electron chi connectivity index (χ2n) is 1.68. The zero-order chi connectivity index (χ0) is 10.4. The third-order valence-electron chi connectivity index (χ3n) is 0.510. The van der Waals surface area contributed by atoms with Crippen molar-refractivity contribution in [2.75, 3.05) is 5.88 Å². The molecule has 0 radical (unpaired) electrons. The van der Waals surface area contributed by atoms with Crippen LogP contribution in [-0.4, -0.2) is 10.2 Å². The van der Waals surface area contributed by atoms with Crippen LogP contribution in [0.15, 0.2) is 0 Å². The lowest BCUT2D eigenvalue weighted by molar-refractivity contribution is 1.10. The molecule has 0 aliphatic heterocycles. The Morgan fingerprint density at radius 3 is 1.08 bits per heavy atom. The largest absolute Gasteiger partial charge is 0.169 e. The zero-order valence-corrected chi connectivity index (χ0v) is 16.3. The molecule has 0 rings (SSSR count). The molecule has 0 heterocycles. The summed E-state index contributed by atoms with van der Waals surface area (Å²) in [5.41, 5.74) is 0. The van der Waals surface area contributed by atoms with Crippen LogP contribution in [0.3, 0.4) is 0 Å². The highest BCUT2D eigenvalue weighted by atomic mass is 80.0. The first-order valence-corrected chi connectivity index (χ1v) is 8.15. The molecular formula is C5H7Br6Cl. The molecule has 0 aromatic rings. The second kappa shape index (κ2) is 8.34. The predicted molar refractivity (Wildman–Crippen MR) is 80.0 cm³/mol. The molecule has 0 unspecified atom stereocenters. The maximum Gasteiger partial charge on any atom is 0.169 e. The van der Waals surface area contributed by atoms with Crippen molar-refractivity contribution in [2.24, 2.45) is 0 Å². The molecular weight excluding hydrogens is 575 g/mol. The van der Waals surface area contributed by atoms with Crippen molar-refractivity contribution in [1.29, 1.82) is 0 Å². The third kappa shape index (κ3) is 11.2. The van der Waals surface area contributed by atoms with Crippen LogP contribution in [-0.2, 0) is 0 Å². The van der Waals surface area contributed by atoms with Crippen LogP contribution in [0.2, 0.25) is 0 Å². The predicted octanol–water partition coefficient (Wildman–Crippen LogP) is 6.30. The molecule has 0 nitrogen and oxygen atoms in total. The number of hydrogen-bond acceptors (Lipinski definition) is 0. The molecule has 0 N–H and O–H groups in total. The Hall–Kier alpha value is 3.17. The van der Waals surface area contributed by atoms with Crippen LogP contribution >= 0.6 is 107 Å². The fourth-order valence-electron chi connectivity index (χ4n) is 0. The summed E-state index contributed by atoms with van der Waals surface area (Å²) >= 11 is 24.9. The summed E-state index contributed by atoms with van der Waals surface area (Å²) < 4.78 is -0.750. The fraction of sp³-hybridized carbons (Fsp3) is 1.00. The normalized spacial score (nSPS) is 12.0. The van der Waals surface area contributed by atoms with Gasteiger partial charge in [0.1, 0.15) is 0 Å². The van der Waals surface area contributed by atoms with Gasteiger partial charge in [0.15, 0.2) is 4.29 Å². The summed E-state index contributed by atoms with van der Waals surface area (Å²) in [6.45, 7) is 2.05. The lowest BCUT2D eigenvalue weighted by Gasteiger charge is -2.22. The Kier molecular flexibility index (Phi) is 12.2. The van der Waals surface area contributed by atoms with Crippen molar-refractivity contribution in [2.45, 2.75) is 17.6 Å². The van der Waals surface area contributed by atoms with Crippen LogP contribution in [0, 0.1) is 0 Å². The van der Waals surface area contributed by atoms with E-state index < -0.39 is 0 Å². The maximum atomic E-state index is 5.19. The van der Waals surface area contributed by atoms with Gasteiger partial charge in [-0.1, -0.05) is 103 Å². The summed E-state index contributed by atoms with van der Waals surface area (Å²) in [7, 11) is 0. The highest BCUT2D eigenvalue weighted by molar-refractivity contribution is 9.46. The number of rotatable bonds is 1. The second-order valence-corrected chi connectivity index (χ2v) is 15.6. The molecule has 0 aromatic heterocycles. The van der Waals surface area contributed by atoms with Crippen LogP contribution in [0.4, 0.5) is 0 Å². The van der Waals surface area contributed by atoms with Gasteiger partial charge in [0.2, 0.25) is 0 Å². The van der Waals surface area contributed by atoms with E-state index in [-0.39, 0.29) is 4.29 Å². The lowest BCUT2D eigenvalue weighted by atomic mass is 10.6. The van der Waals surface area contributed by atoms with Crippen LogP contribution < -0.4 is 0 Å². The van der Waals surface area contributed by atoms with Crippen molar-refractivity contribution in [3.05, 3.63) is 0 Å². The highest BCUT2D eigenvalue weighted by Crippen LogP contribution is 2.56. The average Bonchev–Trinajstić information content (AvgIpc) is 1.84. The van der Waals surface area contributed by atoms with Gasteiger partial charge in [-0.05, 0) is 6.42 Å². The van der Waals surface area contributed by atoms with Gasteiger partial charge in [-0.15, -0.1) is 11.6 Å². The summed E-state index contributed by atoms with van der Waals surface area (Å²) in [4.78, 5) is 0. The van der Waals surface area contributed by atoms with Crippen LogP contribution in [0.5, 0.6) is 0 Å². The number of halogens is 7. The van der Waals surface area contributed by atoms with E-state index in [1.54, 1.807) is 0 Å². The molecule has 0 aliphatic rings. The van der Waals surface area contributed by atoms with Crippen LogP contribution in [0.25, 0.3) is 0 Å². The van der Waals surface area contributed by atoms with Gasteiger partial charge in [-0.2, -0.15) is 0 Å². The minimum Gasteiger partial charge on any atom is -0.127 e. The SMILES string of the molecule is BrC(Br)(Br)C(Br)(Br)Br.CCCCl. The Bertz CT molecular complexity index is 89.5. The standard InChI is InChI=1S/C3H7Cl.C2Br6/c1-2-3-4;3-1(4,5)2(6,7)8/h2-3H2,1H3;. The Labute approximate surface area is 129 Å². The smallest absolute Gasteiger partial charge is 0.127 e. The highest BCUT2D eigenvalue weighted by Gasteiger charge is 2.40. The Balaban J connectivity index is 0. The fourth-order valence-corrected chi connectivity index (χ4v) is 0. The quantitative estimate of drug-likeness (QED) is 0.319. The van der Waals surface area contributed by atoms with Gasteiger partial charge in [0.25, 0.3) is 0 Å². The topological polar surface area (TPSA) is 0 Å². The molecule has 0 fully saturated rings. The molecule has 0 bridgehead atoms. The van der Waals surface area contributed by atoms with E-state index >= 15 is 0 Å². The lowest BCUT2D eigenvalue weighted by Crippen LogP contribution is -2.19. The summed E-state index contributed by atoms with van der Waals surface area (Å²) in [6.07, 6.45) is 1.08. The molecule has 0 saturated heterocycles. The molecule has 0 aromatic carbocycles. The molecule has 76 valence electrons. The molecule has 0 atom stereocenters. The van der Waals surface area contributed by atoms with E-state index in [9.17, 15) is 0 Å². The minimum absolute atomic E-state index is 0.375. The van der Waals surface area contributed by atoms with Crippen molar-refractivity contribution in [3.8, 4) is 0 Å². The van der Waals surface area contributed by atoms with Gasteiger partial charge < -0.3 is 0 Å². The molecule has 7 heteroatoms. The van der Waals surface area contributed by atoms with E-state index in [4.69, 9.17) is 11.6 Å². The Morgan fingerprint density at radius 1 is 0.917 bits per heavy atom. The zero-order valence-electron chi connectivity index (χ0n) is 6.06. The van der Waals surface area contributed by atoms with E-state index in [0.717, 1.165) is 12.3 Å². The first-order valence-electron chi connectivity index (χ1n) is 2.86. The number of alkyl halides is 7.